The van der Waals surface area contributed by atoms with Gasteiger partial charge in [-0.25, -0.2) is 4.98 Å². The van der Waals surface area contributed by atoms with Gasteiger partial charge in [0.1, 0.15) is 12.4 Å². The summed E-state index contributed by atoms with van der Waals surface area (Å²) in [5.41, 5.74) is 3.91. The highest BCUT2D eigenvalue weighted by atomic mass is 35.5. The third-order valence-corrected chi connectivity index (χ3v) is 5.79. The fraction of sp³-hybridized carbons (Fsp3) is 0.292. The molecule has 0 N–H and O–H groups in total. The lowest BCUT2D eigenvalue weighted by atomic mass is 10.1. The van der Waals surface area contributed by atoms with Crippen LogP contribution in [0.5, 0.6) is 5.75 Å². The topological polar surface area (TPSA) is 68.7 Å². The van der Waals surface area contributed by atoms with Crippen molar-refractivity contribution in [2.24, 2.45) is 0 Å². The fourth-order valence-corrected chi connectivity index (χ4v) is 4.55. The normalized spacial score (nSPS) is 10.7. The van der Waals surface area contributed by atoms with E-state index in [1.807, 2.05) is 57.2 Å². The van der Waals surface area contributed by atoms with Crippen molar-refractivity contribution >= 4 is 45.6 Å². The number of nitrogens with zero attached hydrogens (tertiary/aromatic N) is 2. The number of esters is 1. The molecule has 0 spiro atoms. The molecule has 0 aliphatic heterocycles. The number of amides is 1. The van der Waals surface area contributed by atoms with Gasteiger partial charge in [-0.05, 0) is 55.7 Å². The molecule has 1 heterocycles. The van der Waals surface area contributed by atoms with E-state index in [0.717, 1.165) is 22.4 Å². The summed E-state index contributed by atoms with van der Waals surface area (Å²) in [6.45, 7) is 7.85. The number of rotatable bonds is 8. The number of hydrogen-bond acceptors (Lipinski definition) is 6. The molecular formula is C24H25ClN2O4S. The summed E-state index contributed by atoms with van der Waals surface area (Å²) in [4.78, 5) is 30.6. The molecule has 0 radical (unpaired) electrons. The average Bonchev–Trinajstić information content (AvgIpc) is 3.19. The van der Waals surface area contributed by atoms with Crippen molar-refractivity contribution in [2.45, 2.75) is 40.7 Å². The van der Waals surface area contributed by atoms with Gasteiger partial charge in [-0.15, -0.1) is 11.3 Å². The summed E-state index contributed by atoms with van der Waals surface area (Å²) in [5, 5.41) is 2.73. The van der Waals surface area contributed by atoms with Crippen LogP contribution in [0.4, 0.5) is 10.8 Å². The monoisotopic (exact) mass is 472 g/mol. The third kappa shape index (κ3) is 5.87. The van der Waals surface area contributed by atoms with Crippen LogP contribution in [0.25, 0.3) is 0 Å². The Morgan fingerprint density at radius 2 is 1.88 bits per heavy atom. The summed E-state index contributed by atoms with van der Waals surface area (Å²) >= 11 is 7.74. The Labute approximate surface area is 196 Å². The highest BCUT2D eigenvalue weighted by molar-refractivity contribution is 7.14. The minimum absolute atomic E-state index is 0.0265. The first-order valence-corrected chi connectivity index (χ1v) is 11.4. The molecule has 168 valence electrons. The summed E-state index contributed by atoms with van der Waals surface area (Å²) in [7, 11) is 0. The van der Waals surface area contributed by atoms with Crippen molar-refractivity contribution in [3.63, 3.8) is 0 Å². The zero-order valence-electron chi connectivity index (χ0n) is 18.5. The predicted molar refractivity (Wildman–Crippen MR) is 127 cm³/mol. The quantitative estimate of drug-likeness (QED) is 0.388. The van der Waals surface area contributed by atoms with Crippen LogP contribution >= 0.6 is 22.9 Å². The molecule has 0 bridgehead atoms. The van der Waals surface area contributed by atoms with Crippen molar-refractivity contribution in [3.05, 3.63) is 69.2 Å². The number of hydrogen-bond donors (Lipinski definition) is 0. The molecular weight excluding hydrogens is 448 g/mol. The minimum atomic E-state index is -0.357. The van der Waals surface area contributed by atoms with Gasteiger partial charge in [0, 0.05) is 12.3 Å². The second-order valence-corrected chi connectivity index (χ2v) is 8.55. The van der Waals surface area contributed by atoms with E-state index >= 15 is 0 Å². The van der Waals surface area contributed by atoms with Gasteiger partial charge < -0.3 is 9.47 Å². The van der Waals surface area contributed by atoms with E-state index in [0.29, 0.717) is 28.1 Å². The Kier molecular flexibility index (Phi) is 7.88. The predicted octanol–water partition coefficient (Wildman–Crippen LogP) is 5.78. The number of carbonyl (C=O) groups is 2. The first-order valence-electron chi connectivity index (χ1n) is 10.2. The molecule has 0 aliphatic rings. The Hall–Kier alpha value is -2.90. The lowest BCUT2D eigenvalue weighted by molar-refractivity contribution is -0.144. The van der Waals surface area contributed by atoms with Crippen molar-refractivity contribution in [1.82, 2.24) is 4.98 Å². The van der Waals surface area contributed by atoms with E-state index in [9.17, 15) is 9.59 Å². The second kappa shape index (κ2) is 10.6. The SMILES string of the molecule is CCOc1ccc(CC(=O)OCc2csc(N(C(C)=O)c3c(C)cc(C)cc3Cl)n2)cc1. The highest BCUT2D eigenvalue weighted by Gasteiger charge is 2.23. The molecule has 0 saturated heterocycles. The van der Waals surface area contributed by atoms with Gasteiger partial charge in [-0.2, -0.15) is 0 Å². The molecule has 0 saturated carbocycles. The van der Waals surface area contributed by atoms with Gasteiger partial charge in [-0.3, -0.25) is 14.5 Å². The smallest absolute Gasteiger partial charge is 0.310 e. The van der Waals surface area contributed by atoms with Gasteiger partial charge >= 0.3 is 5.97 Å². The van der Waals surface area contributed by atoms with E-state index in [-0.39, 0.29) is 24.9 Å². The Bertz CT molecular complexity index is 1090. The maximum Gasteiger partial charge on any atom is 0.310 e. The number of aromatic nitrogens is 1. The van der Waals surface area contributed by atoms with Gasteiger partial charge in [0.2, 0.25) is 5.91 Å². The van der Waals surface area contributed by atoms with E-state index in [2.05, 4.69) is 4.98 Å². The van der Waals surface area contributed by atoms with Crippen LogP contribution in [0.2, 0.25) is 5.02 Å². The highest BCUT2D eigenvalue weighted by Crippen LogP contribution is 2.37. The molecule has 3 aromatic rings. The Balaban J connectivity index is 1.67. The largest absolute Gasteiger partial charge is 0.494 e. The molecule has 0 aliphatic carbocycles. The zero-order valence-corrected chi connectivity index (χ0v) is 20.0. The van der Waals surface area contributed by atoms with E-state index < -0.39 is 0 Å². The first kappa shape index (κ1) is 23.8. The lowest BCUT2D eigenvalue weighted by Crippen LogP contribution is -2.24. The summed E-state index contributed by atoms with van der Waals surface area (Å²) < 4.78 is 10.8. The van der Waals surface area contributed by atoms with Crippen molar-refractivity contribution in [1.29, 1.82) is 0 Å². The maximum atomic E-state index is 12.4. The second-order valence-electron chi connectivity index (χ2n) is 7.30. The van der Waals surface area contributed by atoms with E-state index in [4.69, 9.17) is 21.1 Å². The third-order valence-electron chi connectivity index (χ3n) is 4.63. The molecule has 6 nitrogen and oxygen atoms in total. The number of halogens is 1. The van der Waals surface area contributed by atoms with Crippen LogP contribution in [0, 0.1) is 13.8 Å². The number of aryl methyl sites for hydroxylation is 2. The number of thiazole rings is 1. The van der Waals surface area contributed by atoms with Crippen LogP contribution in [-0.4, -0.2) is 23.5 Å². The van der Waals surface area contributed by atoms with Crippen molar-refractivity contribution in [3.8, 4) is 5.75 Å². The van der Waals surface area contributed by atoms with Crippen LogP contribution < -0.4 is 9.64 Å². The number of benzene rings is 2. The molecule has 0 fully saturated rings. The van der Waals surface area contributed by atoms with Crippen LogP contribution in [0.3, 0.4) is 0 Å². The Morgan fingerprint density at radius 3 is 2.50 bits per heavy atom. The average molecular weight is 473 g/mol. The van der Waals surface area contributed by atoms with Gasteiger partial charge in [-0.1, -0.05) is 29.8 Å². The molecule has 0 atom stereocenters. The van der Waals surface area contributed by atoms with Gasteiger partial charge in [0.15, 0.2) is 5.13 Å². The summed E-state index contributed by atoms with van der Waals surface area (Å²) in [5.74, 6) is 0.204. The number of anilines is 2. The standard InChI is InChI=1S/C24H25ClN2O4S/c1-5-30-20-8-6-18(7-9-20)12-22(29)31-13-19-14-32-24(26-19)27(17(4)28)23-16(3)10-15(2)11-21(23)25/h6-11,14H,5,12-13H2,1-4H3. The van der Waals surface area contributed by atoms with Crippen LogP contribution in [0.1, 0.15) is 36.2 Å². The molecule has 3 rings (SSSR count). The molecule has 1 amide bonds. The van der Waals surface area contributed by atoms with Gasteiger partial charge in [0.25, 0.3) is 0 Å². The van der Waals surface area contributed by atoms with Crippen molar-refractivity contribution in [2.75, 3.05) is 11.5 Å². The molecule has 8 heteroatoms. The first-order chi connectivity index (χ1) is 15.3. The molecule has 2 aromatic carbocycles. The molecule has 32 heavy (non-hydrogen) atoms. The fourth-order valence-electron chi connectivity index (χ4n) is 3.29. The van der Waals surface area contributed by atoms with Crippen LogP contribution in [0.15, 0.2) is 41.8 Å². The number of ether oxygens (including phenoxy) is 2. The summed E-state index contributed by atoms with van der Waals surface area (Å²) in [6.07, 6.45) is 0.154. The Morgan fingerprint density at radius 1 is 1.16 bits per heavy atom. The van der Waals surface area contributed by atoms with Crippen molar-refractivity contribution < 1.29 is 19.1 Å². The minimum Gasteiger partial charge on any atom is -0.494 e. The number of carbonyl (C=O) groups excluding carboxylic acids is 2. The lowest BCUT2D eigenvalue weighted by Gasteiger charge is -2.22. The van der Waals surface area contributed by atoms with Crippen LogP contribution in [-0.2, 0) is 27.4 Å². The maximum absolute atomic E-state index is 12.4. The van der Waals surface area contributed by atoms with E-state index in [1.54, 1.807) is 5.38 Å². The molecule has 1 aromatic heterocycles. The molecule has 0 unspecified atom stereocenters. The van der Waals surface area contributed by atoms with E-state index in [1.165, 1.54) is 23.2 Å². The summed E-state index contributed by atoms with van der Waals surface area (Å²) in [6, 6.07) is 11.1. The van der Waals surface area contributed by atoms with Gasteiger partial charge in [0.05, 0.1) is 29.4 Å². The zero-order chi connectivity index (χ0) is 23.3.